The summed E-state index contributed by atoms with van der Waals surface area (Å²) in [5.41, 5.74) is 0. The quantitative estimate of drug-likeness (QED) is 0.602. The second-order valence-electron chi connectivity index (χ2n) is 4.60. The van der Waals surface area contributed by atoms with Crippen molar-refractivity contribution in [1.82, 2.24) is 15.1 Å². The van der Waals surface area contributed by atoms with Gasteiger partial charge in [0, 0.05) is 12.6 Å². The molecule has 2 rings (SSSR count). The van der Waals surface area contributed by atoms with E-state index in [0.29, 0.717) is 0 Å². The van der Waals surface area contributed by atoms with Crippen molar-refractivity contribution in [2.75, 3.05) is 19.6 Å². The molecule has 1 saturated carbocycles. The lowest BCUT2D eigenvalue weighted by Gasteiger charge is -2.23. The highest BCUT2D eigenvalue weighted by Gasteiger charge is 2.36. The molecule has 1 heterocycles. The Morgan fingerprint density at radius 2 is 2.05 bits per heavy atom. The SMILES string of the molecule is O=C(O)CCN(C(=O)CN1C(=O)CNC1=O)C1CC1. The lowest BCUT2D eigenvalue weighted by atomic mass is 10.3. The topological polar surface area (TPSA) is 107 Å². The van der Waals surface area contributed by atoms with Crippen LogP contribution < -0.4 is 5.32 Å². The number of hydrogen-bond donors (Lipinski definition) is 2. The smallest absolute Gasteiger partial charge is 0.325 e. The van der Waals surface area contributed by atoms with Crippen LogP contribution in [0.5, 0.6) is 0 Å². The Kier molecular flexibility index (Phi) is 3.68. The van der Waals surface area contributed by atoms with Gasteiger partial charge in [-0.15, -0.1) is 0 Å². The number of aliphatic carboxylic acids is 1. The molecule has 0 spiro atoms. The zero-order valence-corrected chi connectivity index (χ0v) is 10.3. The third-order valence-corrected chi connectivity index (χ3v) is 3.10. The molecular formula is C11H15N3O5. The van der Waals surface area contributed by atoms with E-state index in [0.717, 1.165) is 17.7 Å². The highest BCUT2D eigenvalue weighted by atomic mass is 16.4. The Bertz CT molecular complexity index is 416. The summed E-state index contributed by atoms with van der Waals surface area (Å²) in [6, 6.07) is -0.528. The van der Waals surface area contributed by atoms with Crippen LogP contribution in [0.25, 0.3) is 0 Å². The fraction of sp³-hybridized carbons (Fsp3) is 0.636. The van der Waals surface area contributed by atoms with Gasteiger partial charge in [-0.3, -0.25) is 19.3 Å². The van der Waals surface area contributed by atoms with Crippen LogP contribution in [-0.4, -0.2) is 64.4 Å². The van der Waals surface area contributed by atoms with Gasteiger partial charge in [0.15, 0.2) is 0 Å². The minimum atomic E-state index is -0.978. The minimum absolute atomic E-state index is 0.0487. The Labute approximate surface area is 109 Å². The largest absolute Gasteiger partial charge is 0.481 e. The maximum atomic E-state index is 12.0. The molecule has 2 N–H and O–H groups in total. The van der Waals surface area contributed by atoms with Crippen LogP contribution in [0.15, 0.2) is 0 Å². The molecular weight excluding hydrogens is 254 g/mol. The van der Waals surface area contributed by atoms with E-state index in [1.807, 2.05) is 0 Å². The van der Waals surface area contributed by atoms with Gasteiger partial charge < -0.3 is 15.3 Å². The van der Waals surface area contributed by atoms with Crippen LogP contribution in [0, 0.1) is 0 Å². The first-order chi connectivity index (χ1) is 8.99. The molecule has 2 aliphatic rings. The Balaban J connectivity index is 1.93. The first-order valence-electron chi connectivity index (χ1n) is 6.08. The number of imide groups is 1. The van der Waals surface area contributed by atoms with Crippen molar-refractivity contribution in [3.8, 4) is 0 Å². The molecule has 2 fully saturated rings. The number of urea groups is 1. The third-order valence-electron chi connectivity index (χ3n) is 3.10. The minimum Gasteiger partial charge on any atom is -0.481 e. The van der Waals surface area contributed by atoms with E-state index in [1.54, 1.807) is 0 Å². The van der Waals surface area contributed by atoms with E-state index in [2.05, 4.69) is 5.32 Å². The maximum Gasteiger partial charge on any atom is 0.325 e. The van der Waals surface area contributed by atoms with E-state index < -0.39 is 17.9 Å². The molecule has 1 aliphatic heterocycles. The molecule has 8 heteroatoms. The van der Waals surface area contributed by atoms with Gasteiger partial charge >= 0.3 is 12.0 Å². The van der Waals surface area contributed by atoms with Crippen LogP contribution in [-0.2, 0) is 14.4 Å². The van der Waals surface area contributed by atoms with Gasteiger partial charge in [-0.2, -0.15) is 0 Å². The van der Waals surface area contributed by atoms with Crippen molar-refractivity contribution in [2.45, 2.75) is 25.3 Å². The molecule has 0 aromatic carbocycles. The normalized spacial score (nSPS) is 18.4. The van der Waals surface area contributed by atoms with Crippen LogP contribution in [0.3, 0.4) is 0 Å². The second-order valence-corrected chi connectivity index (χ2v) is 4.60. The average Bonchev–Trinajstić information content (AvgIpc) is 3.12. The molecule has 0 radical (unpaired) electrons. The highest BCUT2D eigenvalue weighted by Crippen LogP contribution is 2.27. The monoisotopic (exact) mass is 269 g/mol. The molecule has 4 amide bonds. The Morgan fingerprint density at radius 3 is 2.53 bits per heavy atom. The number of rotatable bonds is 6. The summed E-state index contributed by atoms with van der Waals surface area (Å²) in [6.45, 7) is -0.298. The summed E-state index contributed by atoms with van der Waals surface area (Å²) in [5.74, 6) is -1.80. The number of nitrogens with zero attached hydrogens (tertiary/aromatic N) is 2. The van der Waals surface area contributed by atoms with Gasteiger partial charge in [0.25, 0.3) is 5.91 Å². The van der Waals surface area contributed by atoms with Crippen molar-refractivity contribution >= 4 is 23.8 Å². The summed E-state index contributed by atoms with van der Waals surface area (Å²) < 4.78 is 0. The summed E-state index contributed by atoms with van der Waals surface area (Å²) in [5, 5.41) is 11.0. The van der Waals surface area contributed by atoms with Crippen molar-refractivity contribution in [3.05, 3.63) is 0 Å². The van der Waals surface area contributed by atoms with E-state index in [-0.39, 0.29) is 38.0 Å². The van der Waals surface area contributed by atoms with Gasteiger partial charge in [-0.1, -0.05) is 0 Å². The van der Waals surface area contributed by atoms with Crippen LogP contribution in [0.4, 0.5) is 4.79 Å². The standard InChI is InChI=1S/C11H15N3O5/c15-8-5-12-11(19)14(8)6-9(16)13(7-1-2-7)4-3-10(17)18/h7H,1-6H2,(H,12,19)(H,17,18). The van der Waals surface area contributed by atoms with E-state index >= 15 is 0 Å². The molecule has 0 aromatic rings. The number of hydrogen-bond acceptors (Lipinski definition) is 4. The fourth-order valence-electron chi connectivity index (χ4n) is 1.95. The predicted octanol–water partition coefficient (Wildman–Crippen LogP) is -0.996. The van der Waals surface area contributed by atoms with Gasteiger partial charge in [-0.25, -0.2) is 4.79 Å². The van der Waals surface area contributed by atoms with Crippen LogP contribution in [0.2, 0.25) is 0 Å². The van der Waals surface area contributed by atoms with Crippen molar-refractivity contribution in [1.29, 1.82) is 0 Å². The zero-order valence-electron chi connectivity index (χ0n) is 10.3. The lowest BCUT2D eigenvalue weighted by molar-refractivity contribution is -0.140. The second kappa shape index (κ2) is 5.25. The van der Waals surface area contributed by atoms with Crippen molar-refractivity contribution in [2.24, 2.45) is 0 Å². The van der Waals surface area contributed by atoms with Gasteiger partial charge in [0.1, 0.15) is 6.54 Å². The summed E-state index contributed by atoms with van der Waals surface area (Å²) in [7, 11) is 0. The van der Waals surface area contributed by atoms with Gasteiger partial charge in [0.05, 0.1) is 13.0 Å². The molecule has 0 bridgehead atoms. The van der Waals surface area contributed by atoms with Gasteiger partial charge in [0.2, 0.25) is 5.91 Å². The Morgan fingerprint density at radius 1 is 1.37 bits per heavy atom. The molecule has 0 aromatic heterocycles. The highest BCUT2D eigenvalue weighted by molar-refractivity contribution is 6.04. The summed E-state index contributed by atoms with van der Waals surface area (Å²) in [6.07, 6.45) is 1.54. The van der Waals surface area contributed by atoms with E-state index in [9.17, 15) is 19.2 Å². The van der Waals surface area contributed by atoms with E-state index in [4.69, 9.17) is 5.11 Å². The number of carboxylic acid groups (broad SMARTS) is 1. The van der Waals surface area contributed by atoms with Crippen molar-refractivity contribution < 1.29 is 24.3 Å². The molecule has 0 unspecified atom stereocenters. The molecule has 8 nitrogen and oxygen atoms in total. The number of carbonyl (C=O) groups excluding carboxylic acids is 3. The summed E-state index contributed by atoms with van der Waals surface area (Å²) in [4.78, 5) is 47.6. The van der Waals surface area contributed by atoms with Crippen molar-refractivity contribution in [3.63, 3.8) is 0 Å². The van der Waals surface area contributed by atoms with Crippen LogP contribution >= 0.6 is 0 Å². The molecule has 0 atom stereocenters. The molecule has 1 aliphatic carbocycles. The predicted molar refractivity (Wildman–Crippen MR) is 62.1 cm³/mol. The number of amides is 4. The fourth-order valence-corrected chi connectivity index (χ4v) is 1.95. The summed E-state index contributed by atoms with van der Waals surface area (Å²) >= 11 is 0. The van der Waals surface area contributed by atoms with E-state index in [1.165, 1.54) is 4.90 Å². The molecule has 1 saturated heterocycles. The number of carbonyl (C=O) groups is 4. The maximum absolute atomic E-state index is 12.0. The molecule has 104 valence electrons. The zero-order chi connectivity index (χ0) is 14.0. The number of nitrogens with one attached hydrogen (secondary N) is 1. The third kappa shape index (κ3) is 3.21. The lowest BCUT2D eigenvalue weighted by Crippen LogP contribution is -2.44. The average molecular weight is 269 g/mol. The number of carboxylic acids is 1. The van der Waals surface area contributed by atoms with Crippen LogP contribution in [0.1, 0.15) is 19.3 Å². The Hall–Kier alpha value is -2.12. The first kappa shape index (κ1) is 13.3. The molecule has 19 heavy (non-hydrogen) atoms. The van der Waals surface area contributed by atoms with Gasteiger partial charge in [-0.05, 0) is 12.8 Å². The first-order valence-corrected chi connectivity index (χ1v) is 6.08.